The summed E-state index contributed by atoms with van der Waals surface area (Å²) >= 11 is 0. The highest BCUT2D eigenvalue weighted by atomic mass is 16.5. The standard InChI is InChI=1S/C30H22O4/c1-15-13-21-26(27-24(15)28(32)19-11-7-8-12-20(19)29(27)33)25-18-10-6-5-9-17(18)23(34-16(2)31)14-22(25)30(21,3)4/h5-14H,1-4H3. The lowest BCUT2D eigenvalue weighted by molar-refractivity contribution is -0.131. The van der Waals surface area contributed by atoms with E-state index in [9.17, 15) is 14.4 Å². The minimum Gasteiger partial charge on any atom is -0.426 e. The number of carbonyl (C=O) groups is 3. The van der Waals surface area contributed by atoms with Gasteiger partial charge in [0.25, 0.3) is 0 Å². The van der Waals surface area contributed by atoms with Crippen LogP contribution in [0, 0.1) is 6.92 Å². The third-order valence-corrected chi connectivity index (χ3v) is 7.25. The van der Waals surface area contributed by atoms with Crippen LogP contribution < -0.4 is 4.74 Å². The molecule has 166 valence electrons. The molecule has 4 nitrogen and oxygen atoms in total. The van der Waals surface area contributed by atoms with Gasteiger partial charge in [0.2, 0.25) is 0 Å². The van der Waals surface area contributed by atoms with Crippen LogP contribution >= 0.6 is 0 Å². The molecule has 0 N–H and O–H groups in total. The summed E-state index contributed by atoms with van der Waals surface area (Å²) in [6.07, 6.45) is 0. The molecule has 34 heavy (non-hydrogen) atoms. The predicted molar refractivity (Wildman–Crippen MR) is 131 cm³/mol. The Kier molecular flexibility index (Phi) is 4.07. The van der Waals surface area contributed by atoms with E-state index in [-0.39, 0.29) is 17.5 Å². The van der Waals surface area contributed by atoms with Gasteiger partial charge in [-0.3, -0.25) is 14.4 Å². The molecule has 0 heterocycles. The van der Waals surface area contributed by atoms with E-state index in [0.29, 0.717) is 28.0 Å². The summed E-state index contributed by atoms with van der Waals surface area (Å²) in [6, 6.07) is 18.8. The summed E-state index contributed by atoms with van der Waals surface area (Å²) in [4.78, 5) is 39.4. The molecule has 0 radical (unpaired) electrons. The summed E-state index contributed by atoms with van der Waals surface area (Å²) in [7, 11) is 0. The van der Waals surface area contributed by atoms with Crippen molar-refractivity contribution in [3.05, 3.63) is 99.6 Å². The van der Waals surface area contributed by atoms with Crippen molar-refractivity contribution in [2.75, 3.05) is 0 Å². The molecule has 4 aromatic carbocycles. The van der Waals surface area contributed by atoms with Gasteiger partial charge in [-0.25, -0.2) is 0 Å². The zero-order valence-electron chi connectivity index (χ0n) is 19.4. The van der Waals surface area contributed by atoms with E-state index in [1.54, 1.807) is 24.3 Å². The molecule has 0 atom stereocenters. The van der Waals surface area contributed by atoms with Crippen LogP contribution in [-0.2, 0) is 10.2 Å². The normalized spacial score (nSPS) is 14.9. The maximum absolute atomic E-state index is 13.9. The minimum atomic E-state index is -0.455. The number of ketones is 2. The average molecular weight is 447 g/mol. The van der Waals surface area contributed by atoms with Crippen molar-refractivity contribution in [2.24, 2.45) is 0 Å². The summed E-state index contributed by atoms with van der Waals surface area (Å²) in [5, 5.41) is 1.69. The van der Waals surface area contributed by atoms with Gasteiger partial charge in [-0.2, -0.15) is 0 Å². The number of carbonyl (C=O) groups excluding carboxylic acids is 3. The van der Waals surface area contributed by atoms with Gasteiger partial charge in [0.1, 0.15) is 5.75 Å². The summed E-state index contributed by atoms with van der Waals surface area (Å²) in [5.74, 6) is -0.121. The zero-order valence-corrected chi connectivity index (χ0v) is 19.4. The first-order chi connectivity index (χ1) is 16.2. The lowest BCUT2D eigenvalue weighted by Crippen LogP contribution is -2.24. The molecule has 2 aliphatic carbocycles. The first-order valence-corrected chi connectivity index (χ1v) is 11.3. The van der Waals surface area contributed by atoms with Crippen LogP contribution in [0.2, 0.25) is 0 Å². The van der Waals surface area contributed by atoms with Crippen LogP contribution in [0.5, 0.6) is 5.75 Å². The van der Waals surface area contributed by atoms with Crippen LogP contribution in [-0.4, -0.2) is 17.5 Å². The van der Waals surface area contributed by atoms with Crippen molar-refractivity contribution in [3.8, 4) is 16.9 Å². The minimum absolute atomic E-state index is 0.113. The van der Waals surface area contributed by atoms with E-state index < -0.39 is 5.41 Å². The Balaban J connectivity index is 1.78. The third kappa shape index (κ3) is 2.51. The highest BCUT2D eigenvalue weighted by Crippen LogP contribution is 2.56. The van der Waals surface area contributed by atoms with E-state index >= 15 is 0 Å². The Morgan fingerprint density at radius 1 is 0.735 bits per heavy atom. The van der Waals surface area contributed by atoms with Crippen LogP contribution in [0.1, 0.15) is 69.3 Å². The molecule has 4 heteroatoms. The SMILES string of the molecule is CC(=O)Oc1cc2c(c3ccccc13)-c1c(cc(C)c3c1C(=O)c1ccccc1C3=O)C2(C)C. The maximum Gasteiger partial charge on any atom is 0.308 e. The van der Waals surface area contributed by atoms with Crippen LogP contribution in [0.4, 0.5) is 0 Å². The number of ether oxygens (including phenoxy) is 1. The summed E-state index contributed by atoms with van der Waals surface area (Å²) in [6.45, 7) is 7.51. The molecular weight excluding hydrogens is 424 g/mol. The second-order valence-corrected chi connectivity index (χ2v) is 9.63. The molecule has 0 fully saturated rings. The number of hydrogen-bond acceptors (Lipinski definition) is 4. The van der Waals surface area contributed by atoms with E-state index in [2.05, 4.69) is 13.8 Å². The van der Waals surface area contributed by atoms with Gasteiger partial charge in [0.15, 0.2) is 11.6 Å². The number of benzene rings is 4. The van der Waals surface area contributed by atoms with Crippen LogP contribution in [0.3, 0.4) is 0 Å². The third-order valence-electron chi connectivity index (χ3n) is 7.25. The van der Waals surface area contributed by atoms with Crippen LogP contribution in [0.25, 0.3) is 21.9 Å². The van der Waals surface area contributed by atoms with E-state index in [0.717, 1.165) is 38.6 Å². The van der Waals surface area contributed by atoms with Gasteiger partial charge >= 0.3 is 5.97 Å². The van der Waals surface area contributed by atoms with Crippen molar-refractivity contribution < 1.29 is 19.1 Å². The molecular formula is C30H22O4. The second kappa shape index (κ2) is 6.73. The lowest BCUT2D eigenvalue weighted by Gasteiger charge is -2.25. The Bertz CT molecular complexity index is 1620. The van der Waals surface area contributed by atoms with Gasteiger partial charge in [-0.05, 0) is 46.2 Å². The fraction of sp³-hybridized carbons (Fsp3) is 0.167. The molecule has 0 bridgehead atoms. The fourth-order valence-electron chi connectivity index (χ4n) is 5.73. The van der Waals surface area contributed by atoms with Crippen molar-refractivity contribution >= 4 is 28.3 Å². The largest absolute Gasteiger partial charge is 0.426 e. The fourth-order valence-corrected chi connectivity index (χ4v) is 5.73. The molecule has 4 aromatic rings. The van der Waals surface area contributed by atoms with Crippen molar-refractivity contribution in [1.82, 2.24) is 0 Å². The smallest absolute Gasteiger partial charge is 0.308 e. The molecule has 0 spiro atoms. The molecule has 0 saturated heterocycles. The quantitative estimate of drug-likeness (QED) is 0.229. The second-order valence-electron chi connectivity index (χ2n) is 9.63. The predicted octanol–water partition coefficient (Wildman–Crippen LogP) is 6.16. The highest BCUT2D eigenvalue weighted by molar-refractivity contribution is 6.32. The van der Waals surface area contributed by atoms with E-state index in [1.807, 2.05) is 43.3 Å². The lowest BCUT2D eigenvalue weighted by atomic mass is 9.76. The van der Waals surface area contributed by atoms with Gasteiger partial charge in [0.05, 0.1) is 0 Å². The summed E-state index contributed by atoms with van der Waals surface area (Å²) in [5.41, 5.74) is 5.94. The van der Waals surface area contributed by atoms with Crippen molar-refractivity contribution in [2.45, 2.75) is 33.1 Å². The Morgan fingerprint density at radius 3 is 1.94 bits per heavy atom. The Morgan fingerprint density at radius 2 is 1.29 bits per heavy atom. The van der Waals surface area contributed by atoms with Gasteiger partial charge in [-0.1, -0.05) is 68.4 Å². The van der Waals surface area contributed by atoms with Crippen LogP contribution in [0.15, 0.2) is 60.7 Å². The van der Waals surface area contributed by atoms with Gasteiger partial charge < -0.3 is 4.74 Å². The number of fused-ring (bicyclic) bond motifs is 8. The summed E-state index contributed by atoms with van der Waals surface area (Å²) < 4.78 is 5.61. The maximum atomic E-state index is 13.9. The van der Waals surface area contributed by atoms with Gasteiger partial charge in [-0.15, -0.1) is 0 Å². The number of hydrogen-bond donors (Lipinski definition) is 0. The zero-order chi connectivity index (χ0) is 23.9. The Hall–Kier alpha value is -4.05. The van der Waals surface area contributed by atoms with Crippen molar-refractivity contribution in [1.29, 1.82) is 0 Å². The van der Waals surface area contributed by atoms with Gasteiger partial charge in [0, 0.05) is 40.0 Å². The first-order valence-electron chi connectivity index (χ1n) is 11.3. The Labute approximate surface area is 197 Å². The average Bonchev–Trinajstić information content (AvgIpc) is 3.03. The van der Waals surface area contributed by atoms with Crippen molar-refractivity contribution in [3.63, 3.8) is 0 Å². The van der Waals surface area contributed by atoms with E-state index in [1.165, 1.54) is 6.92 Å². The molecule has 0 saturated carbocycles. The number of rotatable bonds is 1. The molecule has 2 aliphatic rings. The highest BCUT2D eigenvalue weighted by Gasteiger charge is 2.44. The molecule has 0 unspecified atom stereocenters. The first kappa shape index (κ1) is 20.5. The molecule has 0 amide bonds. The monoisotopic (exact) mass is 446 g/mol. The molecule has 0 aromatic heterocycles. The molecule has 0 aliphatic heterocycles. The number of esters is 1. The molecule has 6 rings (SSSR count). The van der Waals surface area contributed by atoms with E-state index in [4.69, 9.17) is 4.74 Å². The number of aryl methyl sites for hydroxylation is 1. The topological polar surface area (TPSA) is 60.4 Å².